The lowest BCUT2D eigenvalue weighted by molar-refractivity contribution is 0.0525. The molecule has 4 N–H and O–H groups in total. The zero-order chi connectivity index (χ0) is 31.6. The first-order valence-corrected chi connectivity index (χ1v) is 16.0. The highest BCUT2D eigenvalue weighted by molar-refractivity contribution is 7.89. The number of sulfonamides is 1. The summed E-state index contributed by atoms with van der Waals surface area (Å²) in [5, 5.41) is 5.15. The smallest absolute Gasteiger partial charge is 0.444 e. The number of phosphoric acid groups is 1. The minimum absolute atomic E-state index is 0.110. The molecule has 0 saturated heterocycles. The second-order valence-corrected chi connectivity index (χ2v) is 14.7. The average Bonchev–Trinajstić information content (AvgIpc) is 2.76. The zero-order valence-electron chi connectivity index (χ0n) is 24.8. The number of carbonyl (C=O) groups excluding carboxylic acids is 2. The third-order valence-electron chi connectivity index (χ3n) is 5.01. The largest absolute Gasteiger partial charge is 0.469 e. The number of benzene rings is 1. The summed E-state index contributed by atoms with van der Waals surface area (Å²) in [5.74, 6) is 0. The first-order chi connectivity index (χ1) is 18.6. The number of carbonyl (C=O) groups is 2. The fourth-order valence-corrected chi connectivity index (χ4v) is 5.51. The van der Waals surface area contributed by atoms with Crippen LogP contribution < -0.4 is 10.6 Å². The third-order valence-corrected chi connectivity index (χ3v) is 7.40. The van der Waals surface area contributed by atoms with Gasteiger partial charge in [0.25, 0.3) is 0 Å². The molecule has 0 fully saturated rings. The van der Waals surface area contributed by atoms with Crippen LogP contribution in [0.15, 0.2) is 41.3 Å². The molecule has 0 radical (unpaired) electrons. The molecule has 41 heavy (non-hydrogen) atoms. The van der Waals surface area contributed by atoms with Crippen molar-refractivity contribution in [1.82, 2.24) is 9.62 Å². The van der Waals surface area contributed by atoms with Crippen molar-refractivity contribution in [1.29, 1.82) is 0 Å². The first kappa shape index (κ1) is 36.5. The number of hydrogen-bond donors (Lipinski definition) is 4. The number of amides is 2. The van der Waals surface area contributed by atoms with Crippen LogP contribution in [-0.4, -0.2) is 71.6 Å². The van der Waals surface area contributed by atoms with Crippen LogP contribution in [0.1, 0.15) is 67.7 Å². The van der Waals surface area contributed by atoms with Gasteiger partial charge in [0.15, 0.2) is 0 Å². The summed E-state index contributed by atoms with van der Waals surface area (Å²) >= 11 is 0. The molecule has 1 atom stereocenters. The molecule has 0 aromatic heterocycles. The number of alkyl carbamates (subject to hydrolysis) is 1. The molecule has 1 aromatic rings. The third kappa shape index (κ3) is 15.4. The topological polar surface area (TPSA) is 181 Å². The molecule has 1 aromatic carbocycles. The molecule has 1 rings (SSSR count). The second kappa shape index (κ2) is 15.1. The highest BCUT2D eigenvalue weighted by Gasteiger charge is 2.33. The normalized spacial score (nSPS) is 13.4. The Morgan fingerprint density at radius 1 is 1.00 bits per heavy atom. The molecule has 0 bridgehead atoms. The van der Waals surface area contributed by atoms with Crippen LogP contribution in [0, 0.1) is 0 Å². The van der Waals surface area contributed by atoms with Gasteiger partial charge >= 0.3 is 20.0 Å². The Hall–Kier alpha value is -2.48. The van der Waals surface area contributed by atoms with Crippen molar-refractivity contribution in [3.63, 3.8) is 0 Å². The number of nitrogens with one attached hydrogen (secondary N) is 2. The van der Waals surface area contributed by atoms with Crippen molar-refractivity contribution < 1.29 is 46.4 Å². The highest BCUT2D eigenvalue weighted by Crippen LogP contribution is 2.37. The number of nitrogens with zero attached hydrogens (tertiary/aromatic N) is 1. The molecule has 0 spiro atoms. The Morgan fingerprint density at radius 2 is 1.54 bits per heavy atom. The predicted octanol–water partition coefficient (Wildman–Crippen LogP) is 4.77. The zero-order valence-corrected chi connectivity index (χ0v) is 26.5. The molecule has 2 amide bonds. The Balaban J connectivity index is 3.10. The maximum absolute atomic E-state index is 13.7. The summed E-state index contributed by atoms with van der Waals surface area (Å²) in [6.07, 6.45) is -0.285. The molecule has 15 heteroatoms. The lowest BCUT2D eigenvalue weighted by Crippen LogP contribution is -2.43. The van der Waals surface area contributed by atoms with Crippen molar-refractivity contribution in [2.45, 2.75) is 89.9 Å². The van der Waals surface area contributed by atoms with Gasteiger partial charge in [-0.3, -0.25) is 9.84 Å². The van der Waals surface area contributed by atoms with Crippen molar-refractivity contribution in [3.05, 3.63) is 36.4 Å². The summed E-state index contributed by atoms with van der Waals surface area (Å²) in [5.41, 5.74) is -0.573. The van der Waals surface area contributed by atoms with E-state index in [4.69, 9.17) is 14.0 Å². The summed E-state index contributed by atoms with van der Waals surface area (Å²) in [7, 11) is -9.11. The monoisotopic (exact) mass is 621 g/mol. The molecule has 0 heterocycles. The van der Waals surface area contributed by atoms with Crippen molar-refractivity contribution in [2.24, 2.45) is 0 Å². The summed E-state index contributed by atoms with van der Waals surface area (Å²) in [6, 6.07) is 4.45. The molecule has 0 saturated carbocycles. The van der Waals surface area contributed by atoms with Gasteiger partial charge in [-0.05, 0) is 85.6 Å². The molecule has 0 aliphatic rings. The van der Waals surface area contributed by atoms with Gasteiger partial charge in [-0.15, -0.1) is 0 Å². The molecular weight excluding hydrogens is 577 g/mol. The van der Waals surface area contributed by atoms with Crippen LogP contribution in [0.3, 0.4) is 0 Å². The van der Waals surface area contributed by atoms with Gasteiger partial charge in [0, 0.05) is 24.8 Å². The van der Waals surface area contributed by atoms with Gasteiger partial charge in [0.05, 0.1) is 11.5 Å². The Labute approximate surface area is 242 Å². The molecule has 0 aliphatic heterocycles. The summed E-state index contributed by atoms with van der Waals surface area (Å²) in [4.78, 5) is 42.4. The number of unbranched alkanes of at least 4 members (excludes halogenated alkanes) is 1. The van der Waals surface area contributed by atoms with E-state index < -0.39 is 53.9 Å². The maximum atomic E-state index is 13.7. The Morgan fingerprint density at radius 3 is 2.02 bits per heavy atom. The van der Waals surface area contributed by atoms with Gasteiger partial charge < -0.3 is 24.6 Å². The number of ether oxygens (including phenoxy) is 2. The van der Waals surface area contributed by atoms with Crippen LogP contribution in [0.2, 0.25) is 0 Å². The fourth-order valence-electron chi connectivity index (χ4n) is 3.45. The van der Waals surface area contributed by atoms with Crippen LogP contribution in [0.4, 0.5) is 15.3 Å². The van der Waals surface area contributed by atoms with Crippen LogP contribution in [0.25, 0.3) is 0 Å². The number of hydrogen-bond acceptors (Lipinski definition) is 8. The van der Waals surface area contributed by atoms with Crippen LogP contribution in [0.5, 0.6) is 0 Å². The van der Waals surface area contributed by atoms with E-state index in [2.05, 4.69) is 17.2 Å². The van der Waals surface area contributed by atoms with Crippen molar-refractivity contribution >= 4 is 35.7 Å². The molecule has 13 nitrogen and oxygen atoms in total. The minimum Gasteiger partial charge on any atom is -0.444 e. The average molecular weight is 622 g/mol. The SMILES string of the molecule is C=C(C)CN([C@@H](CCCCNC(=O)OC(C)(C)C)COP(=O)(O)O)S(=O)(=O)c1ccc(NC(=O)OC(C)(C)C)cc1. The molecule has 234 valence electrons. The first-order valence-electron chi connectivity index (χ1n) is 13.0. The summed E-state index contributed by atoms with van der Waals surface area (Å²) in [6.45, 7) is 15.3. The maximum Gasteiger partial charge on any atom is 0.469 e. The number of rotatable bonds is 14. The van der Waals surface area contributed by atoms with Gasteiger partial charge in [-0.1, -0.05) is 18.6 Å². The van der Waals surface area contributed by atoms with E-state index in [-0.39, 0.29) is 24.4 Å². The van der Waals surface area contributed by atoms with E-state index in [0.29, 0.717) is 24.1 Å². The van der Waals surface area contributed by atoms with Gasteiger partial charge in [0.2, 0.25) is 10.0 Å². The fraction of sp³-hybridized carbons (Fsp3) is 0.615. The lowest BCUT2D eigenvalue weighted by Gasteiger charge is -2.31. The van der Waals surface area contributed by atoms with E-state index in [1.807, 2.05) is 0 Å². The van der Waals surface area contributed by atoms with E-state index in [1.54, 1.807) is 48.5 Å². The van der Waals surface area contributed by atoms with Crippen LogP contribution in [-0.2, 0) is 28.6 Å². The minimum atomic E-state index is -4.90. The van der Waals surface area contributed by atoms with Crippen LogP contribution >= 0.6 is 7.82 Å². The van der Waals surface area contributed by atoms with E-state index >= 15 is 0 Å². The number of anilines is 1. The standard InChI is InChI=1S/C26H44N3O10PS/c1-19(2)17-29(41(35,36)22-14-12-20(13-15-22)28-24(31)39-26(6,7)8)21(18-37-40(32,33)34)11-9-10-16-27-23(30)38-25(3,4)5/h12-15,21H,1,9-11,16-18H2,2-8H3,(H,27,30)(H,28,31)(H2,32,33,34)/t21-/m0/s1. The second-order valence-electron chi connectivity index (χ2n) is 11.5. The highest BCUT2D eigenvalue weighted by atomic mass is 32.2. The van der Waals surface area contributed by atoms with Gasteiger partial charge in [-0.25, -0.2) is 22.6 Å². The predicted molar refractivity (Wildman–Crippen MR) is 155 cm³/mol. The quantitative estimate of drug-likeness (QED) is 0.128. The van der Waals surface area contributed by atoms with E-state index in [1.165, 1.54) is 24.3 Å². The van der Waals surface area contributed by atoms with Gasteiger partial charge in [-0.2, -0.15) is 4.31 Å². The van der Waals surface area contributed by atoms with Crippen molar-refractivity contribution in [2.75, 3.05) is 25.0 Å². The van der Waals surface area contributed by atoms with E-state index in [0.717, 1.165) is 4.31 Å². The Kier molecular flexibility index (Phi) is 13.5. The van der Waals surface area contributed by atoms with E-state index in [9.17, 15) is 32.4 Å². The molecule has 0 unspecified atom stereocenters. The number of phosphoric ester groups is 1. The molecule has 0 aliphatic carbocycles. The van der Waals surface area contributed by atoms with Crippen molar-refractivity contribution in [3.8, 4) is 0 Å². The summed E-state index contributed by atoms with van der Waals surface area (Å²) < 4.78 is 55.1. The van der Waals surface area contributed by atoms with Gasteiger partial charge in [0.1, 0.15) is 11.2 Å². The Bertz CT molecular complexity index is 1190. The molecular formula is C26H44N3O10PS. The lowest BCUT2D eigenvalue weighted by atomic mass is 10.1.